The molecule has 3 aromatic rings. The van der Waals surface area contributed by atoms with Crippen molar-refractivity contribution in [1.82, 2.24) is 5.43 Å². The fourth-order valence-electron chi connectivity index (χ4n) is 3.21. The van der Waals surface area contributed by atoms with Gasteiger partial charge < -0.3 is 24.1 Å². The van der Waals surface area contributed by atoms with Crippen LogP contribution in [-0.2, 0) is 6.61 Å². The lowest BCUT2D eigenvalue weighted by Gasteiger charge is -2.13. The van der Waals surface area contributed by atoms with Gasteiger partial charge in [0.25, 0.3) is 5.91 Å². The van der Waals surface area contributed by atoms with Crippen LogP contribution in [-0.4, -0.2) is 43.5 Å². The summed E-state index contributed by atoms with van der Waals surface area (Å²) in [5, 5.41) is 13.1. The second-order valence-electron chi connectivity index (χ2n) is 7.43. The Balaban J connectivity index is 1.65. The smallest absolute Gasteiger partial charge is 0.335 e. The number of methoxy groups -OCH3 is 1. The molecule has 36 heavy (non-hydrogen) atoms. The summed E-state index contributed by atoms with van der Waals surface area (Å²) in [5.74, 6) is 0.697. The highest BCUT2D eigenvalue weighted by atomic mass is 16.5. The summed E-state index contributed by atoms with van der Waals surface area (Å²) in [4.78, 5) is 23.5. The van der Waals surface area contributed by atoms with Crippen LogP contribution in [0.25, 0.3) is 0 Å². The Kier molecular flexibility index (Phi) is 9.27. The van der Waals surface area contributed by atoms with Crippen molar-refractivity contribution < 1.29 is 33.6 Å². The highest BCUT2D eigenvalue weighted by Crippen LogP contribution is 2.29. The Morgan fingerprint density at radius 1 is 0.833 bits per heavy atom. The largest absolute Gasteiger partial charge is 0.493 e. The number of nitrogens with one attached hydrogen (secondary N) is 1. The van der Waals surface area contributed by atoms with Gasteiger partial charge in [-0.2, -0.15) is 5.10 Å². The second kappa shape index (κ2) is 12.8. The predicted octanol–water partition coefficient (Wildman–Crippen LogP) is 4.53. The Hall–Kier alpha value is -4.53. The number of hydrogen-bond acceptors (Lipinski definition) is 7. The van der Waals surface area contributed by atoms with Gasteiger partial charge in [0, 0.05) is 5.56 Å². The molecule has 0 bridgehead atoms. The number of carboxylic acids is 1. The lowest BCUT2D eigenvalue weighted by atomic mass is 10.1. The Morgan fingerprint density at radius 3 is 2.11 bits per heavy atom. The first-order chi connectivity index (χ1) is 17.4. The van der Waals surface area contributed by atoms with E-state index in [2.05, 4.69) is 10.5 Å². The second-order valence-corrected chi connectivity index (χ2v) is 7.43. The monoisotopic (exact) mass is 492 g/mol. The van der Waals surface area contributed by atoms with E-state index in [0.29, 0.717) is 47.3 Å². The Morgan fingerprint density at radius 2 is 1.47 bits per heavy atom. The van der Waals surface area contributed by atoms with E-state index in [1.807, 2.05) is 13.8 Å². The summed E-state index contributed by atoms with van der Waals surface area (Å²) in [6.07, 6.45) is 1.50. The van der Waals surface area contributed by atoms with Crippen molar-refractivity contribution in [1.29, 1.82) is 0 Å². The molecule has 0 spiro atoms. The third-order valence-electron chi connectivity index (χ3n) is 4.97. The molecule has 0 fully saturated rings. The van der Waals surface area contributed by atoms with E-state index in [9.17, 15) is 9.59 Å². The summed E-state index contributed by atoms with van der Waals surface area (Å²) in [6.45, 7) is 4.83. The van der Waals surface area contributed by atoms with E-state index in [-0.39, 0.29) is 12.2 Å². The number of ether oxygens (including phenoxy) is 4. The van der Waals surface area contributed by atoms with Crippen LogP contribution in [0.4, 0.5) is 0 Å². The molecule has 0 saturated heterocycles. The average Bonchev–Trinajstić information content (AvgIpc) is 2.88. The van der Waals surface area contributed by atoms with Crippen molar-refractivity contribution in [3.63, 3.8) is 0 Å². The first-order valence-electron chi connectivity index (χ1n) is 11.3. The van der Waals surface area contributed by atoms with Gasteiger partial charge in [0.15, 0.2) is 23.0 Å². The standard InChI is InChI=1S/C27H28N2O7/c1-4-34-24-14-19(8-12-23(24)36-17-18-6-9-20(10-7-18)27(31)32)16-28-29-26(30)21-11-13-22(33-3)25(15-21)35-5-2/h6-16H,4-5,17H2,1-3H3,(H,29,30)(H,31,32)/b28-16+. The van der Waals surface area contributed by atoms with E-state index in [1.54, 1.807) is 48.5 Å². The molecule has 0 saturated carbocycles. The van der Waals surface area contributed by atoms with Gasteiger partial charge in [-0.25, -0.2) is 10.2 Å². The van der Waals surface area contributed by atoms with Crippen LogP contribution in [0.2, 0.25) is 0 Å². The molecule has 0 aliphatic carbocycles. The van der Waals surface area contributed by atoms with Crippen LogP contribution in [0.5, 0.6) is 23.0 Å². The zero-order chi connectivity index (χ0) is 25.9. The topological polar surface area (TPSA) is 116 Å². The molecule has 0 radical (unpaired) electrons. The summed E-state index contributed by atoms with van der Waals surface area (Å²) in [7, 11) is 1.53. The molecule has 0 aliphatic heterocycles. The van der Waals surface area contributed by atoms with Crippen molar-refractivity contribution in [2.24, 2.45) is 5.10 Å². The van der Waals surface area contributed by atoms with Crippen molar-refractivity contribution >= 4 is 18.1 Å². The number of carbonyl (C=O) groups is 2. The number of carbonyl (C=O) groups excluding carboxylic acids is 1. The molecule has 1 amide bonds. The summed E-state index contributed by atoms with van der Waals surface area (Å²) in [6, 6.07) is 16.6. The molecule has 2 N–H and O–H groups in total. The molecule has 0 heterocycles. The first-order valence-corrected chi connectivity index (χ1v) is 11.3. The van der Waals surface area contributed by atoms with Crippen LogP contribution in [0.3, 0.4) is 0 Å². The highest BCUT2D eigenvalue weighted by molar-refractivity contribution is 5.95. The van der Waals surface area contributed by atoms with Crippen LogP contribution in [0, 0.1) is 0 Å². The van der Waals surface area contributed by atoms with E-state index < -0.39 is 11.9 Å². The van der Waals surface area contributed by atoms with Gasteiger partial charge >= 0.3 is 5.97 Å². The number of amides is 1. The molecule has 0 aromatic heterocycles. The fourth-order valence-corrected chi connectivity index (χ4v) is 3.21. The SMILES string of the molecule is CCOc1cc(C(=O)N/N=C/c2ccc(OCc3ccc(C(=O)O)cc3)c(OCC)c2)ccc1OC. The molecule has 9 nitrogen and oxygen atoms in total. The van der Waals surface area contributed by atoms with Crippen molar-refractivity contribution in [2.45, 2.75) is 20.5 Å². The van der Waals surface area contributed by atoms with Gasteiger partial charge in [-0.3, -0.25) is 4.79 Å². The maximum Gasteiger partial charge on any atom is 0.335 e. The maximum atomic E-state index is 12.5. The molecule has 9 heteroatoms. The normalized spacial score (nSPS) is 10.6. The number of hydrogen-bond donors (Lipinski definition) is 2. The number of nitrogens with zero attached hydrogens (tertiary/aromatic N) is 1. The zero-order valence-corrected chi connectivity index (χ0v) is 20.3. The summed E-state index contributed by atoms with van der Waals surface area (Å²) < 4.78 is 22.3. The molecule has 3 rings (SSSR count). The van der Waals surface area contributed by atoms with Crippen molar-refractivity contribution in [2.75, 3.05) is 20.3 Å². The molecular formula is C27H28N2O7. The molecular weight excluding hydrogens is 464 g/mol. The van der Waals surface area contributed by atoms with Crippen LogP contribution in [0.1, 0.15) is 45.7 Å². The van der Waals surface area contributed by atoms with Crippen molar-refractivity contribution in [3.8, 4) is 23.0 Å². The number of carboxylic acid groups (broad SMARTS) is 1. The van der Waals surface area contributed by atoms with Gasteiger partial charge in [0.1, 0.15) is 6.61 Å². The van der Waals surface area contributed by atoms with Crippen molar-refractivity contribution in [3.05, 3.63) is 82.9 Å². The number of aromatic carboxylic acids is 1. The third kappa shape index (κ3) is 6.99. The third-order valence-corrected chi connectivity index (χ3v) is 4.97. The summed E-state index contributed by atoms with van der Waals surface area (Å²) >= 11 is 0. The molecule has 0 unspecified atom stereocenters. The van der Waals surface area contributed by atoms with Crippen LogP contribution < -0.4 is 24.4 Å². The molecule has 0 atom stereocenters. The average molecular weight is 493 g/mol. The molecule has 3 aromatic carbocycles. The Labute approximate surface area is 209 Å². The lowest BCUT2D eigenvalue weighted by Crippen LogP contribution is -2.17. The molecule has 0 aliphatic rings. The Bertz CT molecular complexity index is 1220. The highest BCUT2D eigenvalue weighted by Gasteiger charge is 2.11. The van der Waals surface area contributed by atoms with Crippen LogP contribution in [0.15, 0.2) is 65.8 Å². The van der Waals surface area contributed by atoms with Gasteiger partial charge in [0.2, 0.25) is 0 Å². The van der Waals surface area contributed by atoms with E-state index in [0.717, 1.165) is 5.56 Å². The van der Waals surface area contributed by atoms with Gasteiger partial charge in [-0.05, 0) is 73.5 Å². The van der Waals surface area contributed by atoms with Gasteiger partial charge in [-0.1, -0.05) is 12.1 Å². The first kappa shape index (κ1) is 26.1. The predicted molar refractivity (Wildman–Crippen MR) is 135 cm³/mol. The number of rotatable bonds is 12. The zero-order valence-electron chi connectivity index (χ0n) is 20.3. The fraction of sp³-hybridized carbons (Fsp3) is 0.222. The quantitative estimate of drug-likeness (QED) is 0.282. The number of hydrazone groups is 1. The minimum atomic E-state index is -0.978. The van der Waals surface area contributed by atoms with E-state index >= 15 is 0 Å². The number of benzene rings is 3. The van der Waals surface area contributed by atoms with E-state index in [4.69, 9.17) is 24.1 Å². The van der Waals surface area contributed by atoms with Gasteiger partial charge in [0.05, 0.1) is 32.1 Å². The van der Waals surface area contributed by atoms with Crippen LogP contribution >= 0.6 is 0 Å². The lowest BCUT2D eigenvalue weighted by molar-refractivity contribution is 0.0696. The maximum absolute atomic E-state index is 12.5. The van der Waals surface area contributed by atoms with E-state index in [1.165, 1.54) is 25.5 Å². The van der Waals surface area contributed by atoms with Gasteiger partial charge in [-0.15, -0.1) is 0 Å². The summed E-state index contributed by atoms with van der Waals surface area (Å²) in [5.41, 5.74) is 4.61. The minimum absolute atomic E-state index is 0.214. The molecule has 188 valence electrons. The minimum Gasteiger partial charge on any atom is -0.493 e.